The molecule has 1 saturated carbocycles. The van der Waals surface area contributed by atoms with Crippen LogP contribution in [0.1, 0.15) is 19.8 Å². The van der Waals surface area contributed by atoms with Gasteiger partial charge in [-0.25, -0.2) is 8.42 Å². The van der Waals surface area contributed by atoms with E-state index in [0.29, 0.717) is 29.4 Å². The van der Waals surface area contributed by atoms with Crippen molar-refractivity contribution in [2.75, 3.05) is 12.4 Å². The molecular weight excluding hydrogens is 385 g/mol. The number of sulfone groups is 1. The zero-order chi connectivity index (χ0) is 20.1. The molecule has 0 amide bonds. The number of hydrogen-bond acceptors (Lipinski definition) is 5. The van der Waals surface area contributed by atoms with Gasteiger partial charge in [-0.2, -0.15) is 4.39 Å². The lowest BCUT2D eigenvalue weighted by Crippen LogP contribution is -2.16. The number of aryl methyl sites for hydroxylation is 1. The highest BCUT2D eigenvalue weighted by molar-refractivity contribution is 7.91. The molecule has 0 radical (unpaired) electrons. The van der Waals surface area contributed by atoms with E-state index in [1.54, 1.807) is 19.2 Å². The van der Waals surface area contributed by atoms with Gasteiger partial charge in [-0.1, -0.05) is 6.92 Å². The maximum Gasteiger partial charge on any atom is 0.294 e. The van der Waals surface area contributed by atoms with E-state index in [1.807, 2.05) is 0 Å². The number of rotatable bonds is 6. The molecule has 148 valence electrons. The predicted octanol–water partition coefficient (Wildman–Crippen LogP) is 3.52. The zero-order valence-corrected chi connectivity index (χ0v) is 16.4. The predicted molar refractivity (Wildman–Crippen MR) is 103 cm³/mol. The molecule has 0 N–H and O–H groups in total. The van der Waals surface area contributed by atoms with Gasteiger partial charge in [-0.15, -0.1) is 0 Å². The third-order valence-electron chi connectivity index (χ3n) is 4.98. The van der Waals surface area contributed by atoms with Crippen molar-refractivity contribution in [1.82, 2.24) is 4.57 Å². The number of halogens is 1. The van der Waals surface area contributed by atoms with Crippen LogP contribution in [0, 0.1) is 11.9 Å². The number of aromatic nitrogens is 1. The Labute approximate surface area is 161 Å². The number of furan rings is 1. The molecule has 0 bridgehead atoms. The van der Waals surface area contributed by atoms with E-state index in [-0.39, 0.29) is 21.6 Å². The summed E-state index contributed by atoms with van der Waals surface area (Å²) in [6.45, 7) is 2.10. The Kier molecular flexibility index (Phi) is 4.53. The number of nitrogens with zero attached hydrogens (tertiary/aromatic N) is 1. The fraction of sp³-hybridized carbons (Fsp3) is 0.350. The minimum absolute atomic E-state index is 0.0439. The molecule has 1 aliphatic carbocycles. The molecule has 1 fully saturated rings. The molecular formula is C20H20FNO5S. The highest BCUT2D eigenvalue weighted by Gasteiger charge is 2.24. The molecule has 0 unspecified atom stereocenters. The van der Waals surface area contributed by atoms with Crippen LogP contribution in [0.2, 0.25) is 0 Å². The summed E-state index contributed by atoms with van der Waals surface area (Å²) in [6, 6.07) is 4.91. The summed E-state index contributed by atoms with van der Waals surface area (Å²) in [5.41, 5.74) is 0.370. The molecule has 1 aliphatic rings. The van der Waals surface area contributed by atoms with Crippen molar-refractivity contribution in [3.05, 3.63) is 46.8 Å². The smallest absolute Gasteiger partial charge is 0.294 e. The molecule has 2 aromatic heterocycles. The largest absolute Gasteiger partial charge is 0.493 e. The average Bonchev–Trinajstić information content (AvgIpc) is 3.42. The fourth-order valence-corrected chi connectivity index (χ4v) is 4.02. The van der Waals surface area contributed by atoms with Gasteiger partial charge in [0.25, 0.3) is 11.6 Å². The quantitative estimate of drug-likeness (QED) is 0.627. The average molecular weight is 405 g/mol. The molecule has 4 rings (SSSR count). The van der Waals surface area contributed by atoms with E-state index in [1.165, 1.54) is 23.7 Å². The third-order valence-corrected chi connectivity index (χ3v) is 6.71. The maximum absolute atomic E-state index is 13.8. The summed E-state index contributed by atoms with van der Waals surface area (Å²) in [7, 11) is -1.92. The van der Waals surface area contributed by atoms with Crippen molar-refractivity contribution in [2.24, 2.45) is 13.0 Å². The second-order valence-corrected chi connectivity index (χ2v) is 9.35. The molecule has 8 heteroatoms. The Hall–Kier alpha value is -2.61. The molecule has 1 aromatic carbocycles. The van der Waals surface area contributed by atoms with Crippen molar-refractivity contribution in [3.63, 3.8) is 0 Å². The van der Waals surface area contributed by atoms with Crippen LogP contribution in [-0.2, 0) is 16.9 Å². The van der Waals surface area contributed by atoms with Crippen molar-refractivity contribution < 1.29 is 22.0 Å². The SMILES string of the molecule is CCS(=O)(=O)c1ccc(OCC2CC2)c(-c2cn(C)c(=O)c3oc(F)cc23)c1. The number of hydrogen-bond donors (Lipinski definition) is 0. The van der Waals surface area contributed by atoms with Crippen LogP contribution < -0.4 is 10.3 Å². The standard InChI is InChI=1S/C20H20FNO5S/c1-3-28(24,25)13-6-7-17(26-11-12-4-5-12)14(8-13)16-10-22(2)20(23)19-15(16)9-18(21)27-19/h6-10,12H,3-5,11H2,1-2H3. The minimum Gasteiger partial charge on any atom is -0.493 e. The first kappa shape index (κ1) is 18.7. The monoisotopic (exact) mass is 405 g/mol. The Morgan fingerprint density at radius 1 is 1.25 bits per heavy atom. The van der Waals surface area contributed by atoms with Crippen LogP contribution in [0.25, 0.3) is 22.1 Å². The van der Waals surface area contributed by atoms with Gasteiger partial charge in [0.15, 0.2) is 9.84 Å². The zero-order valence-electron chi connectivity index (χ0n) is 15.6. The number of pyridine rings is 1. The maximum atomic E-state index is 13.8. The summed E-state index contributed by atoms with van der Waals surface area (Å²) >= 11 is 0. The Balaban J connectivity index is 1.96. The lowest BCUT2D eigenvalue weighted by Gasteiger charge is -2.15. The topological polar surface area (TPSA) is 78.5 Å². The summed E-state index contributed by atoms with van der Waals surface area (Å²) in [4.78, 5) is 12.4. The molecule has 0 spiro atoms. The summed E-state index contributed by atoms with van der Waals surface area (Å²) in [6.07, 6.45) is 3.75. The first-order valence-corrected chi connectivity index (χ1v) is 10.7. The Morgan fingerprint density at radius 3 is 2.68 bits per heavy atom. The van der Waals surface area contributed by atoms with Crippen LogP contribution in [0.15, 0.2) is 44.6 Å². The molecule has 3 aromatic rings. The van der Waals surface area contributed by atoms with Crippen LogP contribution >= 0.6 is 0 Å². The van der Waals surface area contributed by atoms with Gasteiger partial charge in [0, 0.05) is 35.8 Å². The van der Waals surface area contributed by atoms with Crippen LogP contribution in [0.4, 0.5) is 4.39 Å². The molecule has 6 nitrogen and oxygen atoms in total. The van der Waals surface area contributed by atoms with E-state index in [2.05, 4.69) is 0 Å². The van der Waals surface area contributed by atoms with Crippen LogP contribution in [-0.4, -0.2) is 25.3 Å². The molecule has 28 heavy (non-hydrogen) atoms. The van der Waals surface area contributed by atoms with Gasteiger partial charge in [-0.3, -0.25) is 4.79 Å². The van der Waals surface area contributed by atoms with E-state index < -0.39 is 21.4 Å². The van der Waals surface area contributed by atoms with Crippen molar-refractivity contribution >= 4 is 20.8 Å². The van der Waals surface area contributed by atoms with Gasteiger partial charge in [0.1, 0.15) is 5.75 Å². The first-order chi connectivity index (χ1) is 13.3. The Bertz CT molecular complexity index is 1220. The van der Waals surface area contributed by atoms with Gasteiger partial charge in [-0.05, 0) is 37.0 Å². The van der Waals surface area contributed by atoms with Gasteiger partial charge >= 0.3 is 0 Å². The lowest BCUT2D eigenvalue weighted by molar-refractivity contribution is 0.301. The minimum atomic E-state index is -3.45. The van der Waals surface area contributed by atoms with E-state index >= 15 is 0 Å². The second-order valence-electron chi connectivity index (χ2n) is 7.07. The second kappa shape index (κ2) is 6.77. The number of ether oxygens (including phenoxy) is 1. The normalized spacial score (nSPS) is 14.5. The van der Waals surface area contributed by atoms with Crippen molar-refractivity contribution in [1.29, 1.82) is 0 Å². The van der Waals surface area contributed by atoms with Crippen molar-refractivity contribution in [3.8, 4) is 16.9 Å². The number of benzene rings is 1. The molecule has 0 saturated heterocycles. The van der Waals surface area contributed by atoms with Gasteiger partial charge in [0.05, 0.1) is 17.3 Å². The van der Waals surface area contributed by atoms with Gasteiger partial charge < -0.3 is 13.7 Å². The fourth-order valence-electron chi connectivity index (χ4n) is 3.11. The van der Waals surface area contributed by atoms with Crippen LogP contribution in [0.5, 0.6) is 5.75 Å². The van der Waals surface area contributed by atoms with Crippen LogP contribution in [0.3, 0.4) is 0 Å². The first-order valence-electron chi connectivity index (χ1n) is 9.09. The summed E-state index contributed by atoms with van der Waals surface area (Å²) in [5, 5.41) is 0.280. The number of fused-ring (bicyclic) bond motifs is 1. The molecule has 0 atom stereocenters. The lowest BCUT2D eigenvalue weighted by atomic mass is 10.0. The van der Waals surface area contributed by atoms with E-state index in [9.17, 15) is 17.6 Å². The molecule has 0 aliphatic heterocycles. The highest BCUT2D eigenvalue weighted by atomic mass is 32.2. The van der Waals surface area contributed by atoms with E-state index in [0.717, 1.165) is 18.9 Å². The highest BCUT2D eigenvalue weighted by Crippen LogP contribution is 2.38. The Morgan fingerprint density at radius 2 is 2.00 bits per heavy atom. The summed E-state index contributed by atoms with van der Waals surface area (Å²) in [5.74, 6) is 0.944. The molecule has 2 heterocycles. The van der Waals surface area contributed by atoms with Crippen molar-refractivity contribution in [2.45, 2.75) is 24.7 Å². The third kappa shape index (κ3) is 3.32. The summed E-state index contributed by atoms with van der Waals surface area (Å²) < 4.78 is 50.7. The van der Waals surface area contributed by atoms with Gasteiger partial charge in [0.2, 0.25) is 5.58 Å². The van der Waals surface area contributed by atoms with E-state index in [4.69, 9.17) is 9.15 Å².